The van der Waals surface area contributed by atoms with Crippen LogP contribution in [0.4, 0.5) is 0 Å². The van der Waals surface area contributed by atoms with Gasteiger partial charge in [-0.3, -0.25) is 9.59 Å². The fourth-order valence-electron chi connectivity index (χ4n) is 2.71. The molecular formula is C17H22N2O6. The number of hydrogen-bond acceptors (Lipinski definition) is 5. The van der Waals surface area contributed by atoms with Crippen molar-refractivity contribution in [1.29, 1.82) is 0 Å². The molecule has 0 spiro atoms. The van der Waals surface area contributed by atoms with Gasteiger partial charge in [-0.05, 0) is 31.2 Å². The van der Waals surface area contributed by atoms with Crippen molar-refractivity contribution in [2.45, 2.75) is 25.5 Å². The number of amides is 2. The Hall–Kier alpha value is -2.61. The van der Waals surface area contributed by atoms with Gasteiger partial charge in [-0.25, -0.2) is 4.79 Å². The second-order valence-corrected chi connectivity index (χ2v) is 5.63. The van der Waals surface area contributed by atoms with Gasteiger partial charge in [0.25, 0.3) is 5.91 Å². The van der Waals surface area contributed by atoms with Crippen molar-refractivity contribution in [1.82, 2.24) is 10.2 Å². The number of carbonyl (C=O) groups excluding carboxylic acids is 2. The first-order valence-corrected chi connectivity index (χ1v) is 8.02. The molecule has 1 aromatic rings. The van der Waals surface area contributed by atoms with Crippen LogP contribution in [-0.2, 0) is 14.3 Å². The standard InChI is InChI=1S/C17H22N2O6/c1-3-25-12-6-4-11(5-7-12)16(21)18-9-15(20)19-10-13(24-2)8-14(19)17(22)23/h4-7,13-14H,3,8-10H2,1-2H3,(H,18,21)(H,22,23). The van der Waals surface area contributed by atoms with E-state index in [0.717, 1.165) is 0 Å². The Morgan fingerprint density at radius 2 is 1.96 bits per heavy atom. The summed E-state index contributed by atoms with van der Waals surface area (Å²) in [5.74, 6) is -1.29. The summed E-state index contributed by atoms with van der Waals surface area (Å²) in [6.07, 6.45) is -0.0726. The highest BCUT2D eigenvalue weighted by molar-refractivity contribution is 5.97. The van der Waals surface area contributed by atoms with E-state index in [2.05, 4.69) is 5.32 Å². The van der Waals surface area contributed by atoms with Crippen molar-refractivity contribution < 1.29 is 29.0 Å². The maximum Gasteiger partial charge on any atom is 0.326 e. The van der Waals surface area contributed by atoms with Gasteiger partial charge in [-0.2, -0.15) is 0 Å². The molecular weight excluding hydrogens is 328 g/mol. The van der Waals surface area contributed by atoms with Crippen molar-refractivity contribution in [3.63, 3.8) is 0 Å². The van der Waals surface area contributed by atoms with E-state index in [1.165, 1.54) is 12.0 Å². The molecule has 0 aliphatic carbocycles. The molecule has 1 aliphatic heterocycles. The van der Waals surface area contributed by atoms with E-state index < -0.39 is 23.8 Å². The van der Waals surface area contributed by atoms with E-state index in [-0.39, 0.29) is 25.6 Å². The molecule has 1 saturated heterocycles. The highest BCUT2D eigenvalue weighted by Crippen LogP contribution is 2.20. The van der Waals surface area contributed by atoms with Gasteiger partial charge in [0.1, 0.15) is 11.8 Å². The summed E-state index contributed by atoms with van der Waals surface area (Å²) in [5.41, 5.74) is 0.391. The van der Waals surface area contributed by atoms with Crippen molar-refractivity contribution in [3.05, 3.63) is 29.8 Å². The average molecular weight is 350 g/mol. The molecule has 8 nitrogen and oxygen atoms in total. The molecule has 1 aliphatic rings. The fraction of sp³-hybridized carbons (Fsp3) is 0.471. The third kappa shape index (κ3) is 4.69. The highest BCUT2D eigenvalue weighted by atomic mass is 16.5. The summed E-state index contributed by atoms with van der Waals surface area (Å²) >= 11 is 0. The molecule has 0 aromatic heterocycles. The van der Waals surface area contributed by atoms with Gasteiger partial charge in [-0.1, -0.05) is 0 Å². The lowest BCUT2D eigenvalue weighted by molar-refractivity contribution is -0.147. The van der Waals surface area contributed by atoms with E-state index in [0.29, 0.717) is 17.9 Å². The van der Waals surface area contributed by atoms with Gasteiger partial charge in [0.15, 0.2) is 0 Å². The van der Waals surface area contributed by atoms with Gasteiger partial charge in [0.2, 0.25) is 5.91 Å². The van der Waals surface area contributed by atoms with Crippen molar-refractivity contribution in [2.75, 3.05) is 26.8 Å². The van der Waals surface area contributed by atoms with Crippen molar-refractivity contribution in [3.8, 4) is 5.75 Å². The Kier molecular flexibility index (Phi) is 6.35. The number of rotatable bonds is 7. The Bertz CT molecular complexity index is 631. The van der Waals surface area contributed by atoms with Crippen LogP contribution in [0.15, 0.2) is 24.3 Å². The number of ether oxygens (including phenoxy) is 2. The highest BCUT2D eigenvalue weighted by Gasteiger charge is 2.39. The second-order valence-electron chi connectivity index (χ2n) is 5.63. The van der Waals surface area contributed by atoms with Crippen molar-refractivity contribution in [2.24, 2.45) is 0 Å². The summed E-state index contributed by atoms with van der Waals surface area (Å²) in [6, 6.07) is 5.61. The number of benzene rings is 1. The molecule has 25 heavy (non-hydrogen) atoms. The van der Waals surface area contributed by atoms with Crippen LogP contribution in [0.3, 0.4) is 0 Å². The number of carboxylic acids is 1. The van der Waals surface area contributed by atoms with Crippen LogP contribution in [-0.4, -0.2) is 66.7 Å². The van der Waals surface area contributed by atoms with E-state index in [4.69, 9.17) is 9.47 Å². The summed E-state index contributed by atoms with van der Waals surface area (Å²) in [4.78, 5) is 36.9. The van der Waals surface area contributed by atoms with Crippen molar-refractivity contribution >= 4 is 17.8 Å². The minimum Gasteiger partial charge on any atom is -0.494 e. The third-order valence-electron chi connectivity index (χ3n) is 4.03. The molecule has 1 fully saturated rings. The third-order valence-corrected chi connectivity index (χ3v) is 4.03. The predicted molar refractivity (Wildman–Crippen MR) is 88.5 cm³/mol. The number of carboxylic acid groups (broad SMARTS) is 1. The molecule has 1 aromatic carbocycles. The van der Waals surface area contributed by atoms with Gasteiger partial charge < -0.3 is 24.8 Å². The van der Waals surface area contributed by atoms with E-state index >= 15 is 0 Å². The van der Waals surface area contributed by atoms with Gasteiger partial charge >= 0.3 is 5.97 Å². The molecule has 136 valence electrons. The molecule has 2 N–H and O–H groups in total. The number of likely N-dealkylation sites (tertiary alicyclic amines) is 1. The SMILES string of the molecule is CCOc1ccc(C(=O)NCC(=O)N2CC(OC)CC2C(=O)O)cc1. The number of hydrogen-bond donors (Lipinski definition) is 2. The Morgan fingerprint density at radius 1 is 1.28 bits per heavy atom. The van der Waals surface area contributed by atoms with Crippen LogP contribution in [0.25, 0.3) is 0 Å². The molecule has 1 heterocycles. The van der Waals surface area contributed by atoms with Gasteiger partial charge in [0, 0.05) is 25.6 Å². The van der Waals surface area contributed by atoms with Crippen LogP contribution in [0.5, 0.6) is 5.75 Å². The molecule has 2 rings (SSSR count). The van der Waals surface area contributed by atoms with Gasteiger partial charge in [0.05, 0.1) is 19.3 Å². The van der Waals surface area contributed by atoms with Crippen LogP contribution in [0, 0.1) is 0 Å². The predicted octanol–water partition coefficient (Wildman–Crippen LogP) is 0.516. The second kappa shape index (κ2) is 8.48. The number of nitrogens with one attached hydrogen (secondary N) is 1. The number of carbonyl (C=O) groups is 3. The van der Waals surface area contributed by atoms with Crippen LogP contribution >= 0.6 is 0 Å². The number of aliphatic carboxylic acids is 1. The first-order chi connectivity index (χ1) is 12.0. The molecule has 0 bridgehead atoms. The first-order valence-electron chi connectivity index (χ1n) is 8.02. The molecule has 2 amide bonds. The molecule has 0 radical (unpaired) electrons. The molecule has 2 atom stereocenters. The maximum absolute atomic E-state index is 12.3. The summed E-state index contributed by atoms with van der Waals surface area (Å²) in [5, 5.41) is 11.7. The minimum absolute atomic E-state index is 0.200. The van der Waals surface area contributed by atoms with E-state index in [1.807, 2.05) is 6.92 Å². The Labute approximate surface area is 145 Å². The van der Waals surface area contributed by atoms with Crippen LogP contribution in [0.1, 0.15) is 23.7 Å². The largest absolute Gasteiger partial charge is 0.494 e. The average Bonchev–Trinajstić information content (AvgIpc) is 3.05. The topological polar surface area (TPSA) is 105 Å². The zero-order valence-corrected chi connectivity index (χ0v) is 14.2. The number of methoxy groups -OCH3 is 1. The van der Waals surface area contributed by atoms with E-state index in [1.54, 1.807) is 24.3 Å². The Morgan fingerprint density at radius 3 is 2.52 bits per heavy atom. The monoisotopic (exact) mass is 350 g/mol. The first kappa shape index (κ1) is 18.7. The lowest BCUT2D eigenvalue weighted by Gasteiger charge is -2.21. The lowest BCUT2D eigenvalue weighted by atomic mass is 10.2. The fourth-order valence-corrected chi connectivity index (χ4v) is 2.71. The zero-order valence-electron chi connectivity index (χ0n) is 14.2. The molecule has 0 saturated carbocycles. The summed E-state index contributed by atoms with van der Waals surface area (Å²) in [7, 11) is 1.48. The summed E-state index contributed by atoms with van der Waals surface area (Å²) in [6.45, 7) is 2.32. The summed E-state index contributed by atoms with van der Waals surface area (Å²) < 4.78 is 10.4. The van der Waals surface area contributed by atoms with Gasteiger partial charge in [-0.15, -0.1) is 0 Å². The maximum atomic E-state index is 12.3. The zero-order chi connectivity index (χ0) is 18.4. The number of nitrogens with zero attached hydrogens (tertiary/aromatic N) is 1. The minimum atomic E-state index is -1.08. The molecule has 8 heteroatoms. The van der Waals surface area contributed by atoms with E-state index in [9.17, 15) is 19.5 Å². The quantitative estimate of drug-likeness (QED) is 0.743. The lowest BCUT2D eigenvalue weighted by Crippen LogP contribution is -2.45. The Balaban J connectivity index is 1.92. The normalized spacial score (nSPS) is 19.5. The molecule has 2 unspecified atom stereocenters. The van der Waals surface area contributed by atoms with Crippen LogP contribution in [0.2, 0.25) is 0 Å². The van der Waals surface area contributed by atoms with Crippen LogP contribution < -0.4 is 10.1 Å². The smallest absolute Gasteiger partial charge is 0.326 e.